The number of benzene rings is 3. The molecule has 4 rings (SSSR count). The van der Waals surface area contributed by atoms with Crippen LogP contribution in [0.15, 0.2) is 71.8 Å². The minimum absolute atomic E-state index is 0.131. The molecule has 8 nitrogen and oxygen atoms in total. The fourth-order valence-corrected chi connectivity index (χ4v) is 2.92. The Bertz CT molecular complexity index is 1160. The molecule has 3 aromatic rings. The predicted molar refractivity (Wildman–Crippen MR) is 117 cm³/mol. The summed E-state index contributed by atoms with van der Waals surface area (Å²) in [6.07, 6.45) is 1.46. The summed E-state index contributed by atoms with van der Waals surface area (Å²) in [5, 5.41) is 4.30. The Labute approximate surface area is 188 Å². The fraction of sp³-hybridized carbons (Fsp3) is 0.0870. The zero-order valence-corrected chi connectivity index (χ0v) is 17.4. The molecule has 32 heavy (non-hydrogen) atoms. The summed E-state index contributed by atoms with van der Waals surface area (Å²) in [5.41, 5.74) is 3.41. The maximum absolute atomic E-state index is 12.3. The average molecular weight is 453 g/mol. The van der Waals surface area contributed by atoms with Crippen molar-refractivity contribution in [1.29, 1.82) is 0 Å². The second-order valence-electron chi connectivity index (χ2n) is 6.54. The van der Waals surface area contributed by atoms with Gasteiger partial charge in [-0.1, -0.05) is 23.7 Å². The molecule has 0 aromatic heterocycles. The number of nitrogens with zero attached hydrogens (tertiary/aromatic N) is 1. The lowest BCUT2D eigenvalue weighted by atomic mass is 10.2. The fourth-order valence-electron chi connectivity index (χ4n) is 2.73. The van der Waals surface area contributed by atoms with Crippen molar-refractivity contribution in [3.63, 3.8) is 0 Å². The van der Waals surface area contributed by atoms with Crippen molar-refractivity contribution in [2.45, 2.75) is 0 Å². The van der Waals surface area contributed by atoms with Gasteiger partial charge in [0.25, 0.3) is 5.91 Å². The third-order valence-electron chi connectivity index (χ3n) is 4.30. The number of carbonyl (C=O) groups excluding carboxylic acids is 2. The van der Waals surface area contributed by atoms with E-state index in [0.717, 1.165) is 0 Å². The van der Waals surface area contributed by atoms with E-state index in [1.807, 2.05) is 0 Å². The monoisotopic (exact) mass is 452 g/mol. The maximum atomic E-state index is 12.3. The van der Waals surface area contributed by atoms with E-state index in [1.165, 1.54) is 6.21 Å². The van der Waals surface area contributed by atoms with Crippen LogP contribution in [0.1, 0.15) is 15.9 Å². The molecule has 0 radical (unpaired) electrons. The third kappa shape index (κ3) is 5.35. The maximum Gasteiger partial charge on any atom is 0.343 e. The molecule has 0 saturated heterocycles. The Hall–Kier alpha value is -4.04. The Kier molecular flexibility index (Phi) is 6.52. The summed E-state index contributed by atoms with van der Waals surface area (Å²) in [7, 11) is 0. The molecular formula is C23H17ClN2O6. The van der Waals surface area contributed by atoms with E-state index < -0.39 is 11.9 Å². The molecule has 0 unspecified atom stereocenters. The minimum Gasteiger partial charge on any atom is -0.482 e. The highest BCUT2D eigenvalue weighted by atomic mass is 35.5. The van der Waals surface area contributed by atoms with Crippen LogP contribution in [0.5, 0.6) is 23.0 Å². The summed E-state index contributed by atoms with van der Waals surface area (Å²) < 4.78 is 21.2. The first-order chi connectivity index (χ1) is 15.6. The van der Waals surface area contributed by atoms with Crippen LogP contribution in [0, 0.1) is 0 Å². The van der Waals surface area contributed by atoms with Crippen LogP contribution in [-0.2, 0) is 4.79 Å². The number of hydrogen-bond donors (Lipinski definition) is 1. The van der Waals surface area contributed by atoms with Crippen molar-refractivity contribution in [3.05, 3.63) is 82.9 Å². The van der Waals surface area contributed by atoms with Gasteiger partial charge in [0.1, 0.15) is 11.5 Å². The lowest BCUT2D eigenvalue weighted by molar-refractivity contribution is -0.123. The number of esters is 1. The number of carbonyl (C=O) groups is 2. The number of amides is 1. The van der Waals surface area contributed by atoms with Crippen LogP contribution in [0.2, 0.25) is 5.02 Å². The van der Waals surface area contributed by atoms with Crippen molar-refractivity contribution in [3.8, 4) is 23.0 Å². The molecule has 9 heteroatoms. The molecule has 0 fully saturated rings. The number of halogens is 1. The summed E-state index contributed by atoms with van der Waals surface area (Å²) >= 11 is 5.97. The van der Waals surface area contributed by atoms with Crippen molar-refractivity contribution in [2.75, 3.05) is 13.4 Å². The van der Waals surface area contributed by atoms with Crippen LogP contribution in [-0.4, -0.2) is 31.5 Å². The second-order valence-corrected chi connectivity index (χ2v) is 6.95. The molecule has 1 aliphatic rings. The summed E-state index contributed by atoms with van der Waals surface area (Å²) in [6.45, 7) is -0.0957. The minimum atomic E-state index is -0.518. The van der Waals surface area contributed by atoms with Gasteiger partial charge in [0.15, 0.2) is 18.1 Å². The first kappa shape index (κ1) is 21.2. The van der Waals surface area contributed by atoms with E-state index in [-0.39, 0.29) is 13.4 Å². The Morgan fingerprint density at radius 1 is 1.03 bits per heavy atom. The zero-order valence-electron chi connectivity index (χ0n) is 16.6. The van der Waals surface area contributed by atoms with Gasteiger partial charge in [-0.3, -0.25) is 4.79 Å². The van der Waals surface area contributed by atoms with E-state index in [2.05, 4.69) is 10.5 Å². The van der Waals surface area contributed by atoms with Gasteiger partial charge in [0, 0.05) is 0 Å². The molecular weight excluding hydrogens is 436 g/mol. The number of nitrogens with one attached hydrogen (secondary N) is 1. The quantitative estimate of drug-likeness (QED) is 0.253. The molecule has 3 aromatic carbocycles. The molecule has 0 bridgehead atoms. The highest BCUT2D eigenvalue weighted by Crippen LogP contribution is 2.32. The highest BCUT2D eigenvalue weighted by molar-refractivity contribution is 6.32. The van der Waals surface area contributed by atoms with Gasteiger partial charge >= 0.3 is 5.97 Å². The lowest BCUT2D eigenvalue weighted by Gasteiger charge is -2.06. The number of rotatable bonds is 7. The first-order valence-corrected chi connectivity index (χ1v) is 9.87. The van der Waals surface area contributed by atoms with E-state index in [4.69, 9.17) is 30.5 Å². The van der Waals surface area contributed by atoms with Gasteiger partial charge in [-0.2, -0.15) is 5.10 Å². The summed E-state index contributed by atoms with van der Waals surface area (Å²) in [5.74, 6) is 0.921. The van der Waals surface area contributed by atoms with Crippen LogP contribution < -0.4 is 24.4 Å². The van der Waals surface area contributed by atoms with E-state index in [1.54, 1.807) is 66.7 Å². The Balaban J connectivity index is 1.26. The predicted octanol–water partition coefficient (Wildman–Crippen LogP) is 3.82. The van der Waals surface area contributed by atoms with E-state index in [0.29, 0.717) is 39.1 Å². The number of fused-ring (bicyclic) bond motifs is 1. The van der Waals surface area contributed by atoms with Crippen LogP contribution in [0.3, 0.4) is 0 Å². The second kappa shape index (κ2) is 9.84. The molecule has 0 spiro atoms. The molecule has 0 saturated carbocycles. The zero-order chi connectivity index (χ0) is 22.3. The van der Waals surface area contributed by atoms with Crippen LogP contribution >= 0.6 is 11.6 Å². The first-order valence-electron chi connectivity index (χ1n) is 9.49. The number of para-hydroxylation sites is 1. The van der Waals surface area contributed by atoms with Gasteiger partial charge in [0.2, 0.25) is 6.79 Å². The van der Waals surface area contributed by atoms with Crippen LogP contribution in [0.25, 0.3) is 0 Å². The van der Waals surface area contributed by atoms with Gasteiger partial charge in [-0.15, -0.1) is 0 Å². The number of hydrogen-bond acceptors (Lipinski definition) is 7. The summed E-state index contributed by atoms with van der Waals surface area (Å²) in [4.78, 5) is 24.1. The number of ether oxygens (including phenoxy) is 4. The van der Waals surface area contributed by atoms with Crippen molar-refractivity contribution < 1.29 is 28.5 Å². The number of hydrazone groups is 1. The smallest absolute Gasteiger partial charge is 0.343 e. The van der Waals surface area contributed by atoms with Gasteiger partial charge in [-0.25, -0.2) is 10.2 Å². The molecule has 0 atom stereocenters. The topological polar surface area (TPSA) is 95.5 Å². The highest BCUT2D eigenvalue weighted by Gasteiger charge is 2.17. The van der Waals surface area contributed by atoms with Crippen molar-refractivity contribution >= 4 is 29.7 Å². The van der Waals surface area contributed by atoms with Gasteiger partial charge in [0.05, 0.1) is 16.8 Å². The molecule has 1 N–H and O–H groups in total. The Morgan fingerprint density at radius 2 is 1.81 bits per heavy atom. The standard InChI is InChI=1S/C23H17ClN2O6/c24-18-3-1-2-4-19(18)29-13-22(27)26-25-12-15-5-8-17(9-6-15)32-23(28)16-7-10-20-21(11-16)31-14-30-20/h1-12H,13-14H2,(H,26,27). The summed E-state index contributed by atoms with van der Waals surface area (Å²) in [6, 6.07) is 18.3. The van der Waals surface area contributed by atoms with E-state index >= 15 is 0 Å². The Morgan fingerprint density at radius 3 is 2.62 bits per heavy atom. The van der Waals surface area contributed by atoms with Crippen molar-refractivity contribution in [1.82, 2.24) is 5.43 Å². The molecule has 162 valence electrons. The SMILES string of the molecule is O=C(COc1ccccc1Cl)NN=Cc1ccc(OC(=O)c2ccc3c(c2)OCO3)cc1. The van der Waals surface area contributed by atoms with Gasteiger partial charge in [-0.05, 0) is 60.2 Å². The lowest BCUT2D eigenvalue weighted by Crippen LogP contribution is -2.24. The van der Waals surface area contributed by atoms with Crippen LogP contribution in [0.4, 0.5) is 0 Å². The third-order valence-corrected chi connectivity index (χ3v) is 4.61. The molecule has 1 heterocycles. The molecule has 0 aliphatic carbocycles. The average Bonchev–Trinajstić information content (AvgIpc) is 3.28. The molecule has 1 amide bonds. The normalized spacial score (nSPS) is 11.9. The largest absolute Gasteiger partial charge is 0.482 e. The van der Waals surface area contributed by atoms with Gasteiger partial charge < -0.3 is 18.9 Å². The molecule has 1 aliphatic heterocycles. The van der Waals surface area contributed by atoms with E-state index in [9.17, 15) is 9.59 Å². The van der Waals surface area contributed by atoms with Crippen molar-refractivity contribution in [2.24, 2.45) is 5.10 Å².